The fraction of sp³-hybridized carbons (Fsp3) is 0.111. The van der Waals surface area contributed by atoms with Crippen LogP contribution in [0.2, 0.25) is 5.02 Å². The number of rotatable bonds is 2. The highest BCUT2D eigenvalue weighted by molar-refractivity contribution is 7.16. The molecule has 0 fully saturated rings. The first-order valence-corrected chi connectivity index (χ1v) is 5.13. The molecule has 0 unspecified atom stereocenters. The van der Waals surface area contributed by atoms with Gasteiger partial charge in [0.05, 0.1) is 12.1 Å². The van der Waals surface area contributed by atoms with Crippen molar-refractivity contribution in [1.82, 2.24) is 10.2 Å². The largest absolute Gasteiger partial charge is 0.472 e. The molecule has 1 heterocycles. The van der Waals surface area contributed by atoms with Crippen LogP contribution >= 0.6 is 22.9 Å². The van der Waals surface area contributed by atoms with Crippen LogP contribution in [0.15, 0.2) is 24.3 Å². The number of benzene rings is 1. The first kappa shape index (κ1) is 9.43. The molecule has 0 spiro atoms. The van der Waals surface area contributed by atoms with Crippen molar-refractivity contribution >= 4 is 22.9 Å². The van der Waals surface area contributed by atoms with E-state index in [1.54, 1.807) is 7.11 Å². The van der Waals surface area contributed by atoms with Gasteiger partial charge in [0.25, 0.3) is 5.19 Å². The zero-order valence-corrected chi connectivity index (χ0v) is 8.97. The minimum absolute atomic E-state index is 0.542. The van der Waals surface area contributed by atoms with E-state index in [2.05, 4.69) is 10.2 Å². The molecule has 2 aromatic rings. The van der Waals surface area contributed by atoms with Gasteiger partial charge >= 0.3 is 0 Å². The minimum atomic E-state index is 0.542. The summed E-state index contributed by atoms with van der Waals surface area (Å²) in [5.41, 5.74) is 0.884. The molecule has 14 heavy (non-hydrogen) atoms. The van der Waals surface area contributed by atoms with Crippen molar-refractivity contribution in [1.29, 1.82) is 0 Å². The lowest BCUT2D eigenvalue weighted by Gasteiger charge is -1.96. The number of nitrogens with zero attached hydrogens (tertiary/aromatic N) is 2. The van der Waals surface area contributed by atoms with Gasteiger partial charge < -0.3 is 4.74 Å². The monoisotopic (exact) mass is 226 g/mol. The van der Waals surface area contributed by atoms with Crippen LogP contribution in [0.5, 0.6) is 5.19 Å². The molecule has 72 valence electrons. The van der Waals surface area contributed by atoms with Gasteiger partial charge in [0.15, 0.2) is 5.01 Å². The predicted molar refractivity (Wildman–Crippen MR) is 56.9 cm³/mol. The average molecular weight is 227 g/mol. The molecule has 0 amide bonds. The molecule has 1 aromatic carbocycles. The summed E-state index contributed by atoms with van der Waals surface area (Å²) in [7, 11) is 1.57. The molecule has 0 bridgehead atoms. The summed E-state index contributed by atoms with van der Waals surface area (Å²) in [4.78, 5) is 0. The van der Waals surface area contributed by atoms with Crippen LogP contribution in [-0.2, 0) is 0 Å². The Morgan fingerprint density at radius 2 is 2.07 bits per heavy atom. The van der Waals surface area contributed by atoms with Crippen LogP contribution in [0, 0.1) is 0 Å². The summed E-state index contributed by atoms with van der Waals surface area (Å²) in [5, 5.41) is 9.80. The van der Waals surface area contributed by atoms with Crippen molar-refractivity contribution in [3.8, 4) is 15.8 Å². The van der Waals surface area contributed by atoms with Crippen LogP contribution in [0.3, 0.4) is 0 Å². The maximum Gasteiger partial charge on any atom is 0.294 e. The maximum absolute atomic E-state index is 6.01. The van der Waals surface area contributed by atoms with E-state index < -0.39 is 0 Å². The van der Waals surface area contributed by atoms with Crippen molar-refractivity contribution in [2.45, 2.75) is 0 Å². The van der Waals surface area contributed by atoms with Crippen LogP contribution in [0.4, 0.5) is 0 Å². The van der Waals surface area contributed by atoms with Gasteiger partial charge in [-0.1, -0.05) is 46.2 Å². The fourth-order valence-electron chi connectivity index (χ4n) is 1.04. The van der Waals surface area contributed by atoms with E-state index in [4.69, 9.17) is 16.3 Å². The first-order valence-electron chi connectivity index (χ1n) is 3.93. The maximum atomic E-state index is 6.01. The van der Waals surface area contributed by atoms with Gasteiger partial charge in [-0.2, -0.15) is 0 Å². The molecular formula is C9H7ClN2OS. The molecule has 0 saturated heterocycles. The van der Waals surface area contributed by atoms with Crippen molar-refractivity contribution in [3.05, 3.63) is 29.3 Å². The Kier molecular flexibility index (Phi) is 2.65. The highest BCUT2D eigenvalue weighted by Crippen LogP contribution is 2.32. The smallest absolute Gasteiger partial charge is 0.294 e. The summed E-state index contributed by atoms with van der Waals surface area (Å²) in [6, 6.07) is 7.52. The zero-order chi connectivity index (χ0) is 9.97. The number of halogens is 1. The van der Waals surface area contributed by atoms with Gasteiger partial charge in [0.1, 0.15) is 0 Å². The fourth-order valence-corrected chi connectivity index (χ4v) is 2.02. The van der Waals surface area contributed by atoms with Gasteiger partial charge in [0, 0.05) is 5.56 Å². The highest BCUT2D eigenvalue weighted by atomic mass is 35.5. The lowest BCUT2D eigenvalue weighted by atomic mass is 10.2. The van der Waals surface area contributed by atoms with Crippen molar-refractivity contribution in [3.63, 3.8) is 0 Å². The van der Waals surface area contributed by atoms with Crippen molar-refractivity contribution in [2.24, 2.45) is 0 Å². The molecule has 0 aliphatic carbocycles. The second-order valence-corrected chi connectivity index (χ2v) is 3.90. The average Bonchev–Trinajstić information content (AvgIpc) is 2.67. The van der Waals surface area contributed by atoms with Crippen LogP contribution < -0.4 is 4.74 Å². The molecule has 0 saturated carbocycles. The second kappa shape index (κ2) is 3.94. The molecule has 0 radical (unpaired) electrons. The van der Waals surface area contributed by atoms with E-state index in [1.165, 1.54) is 11.3 Å². The topological polar surface area (TPSA) is 35.0 Å². The van der Waals surface area contributed by atoms with Gasteiger partial charge in [0.2, 0.25) is 0 Å². The van der Waals surface area contributed by atoms with Crippen LogP contribution in [-0.4, -0.2) is 17.3 Å². The molecular weight excluding hydrogens is 220 g/mol. The summed E-state index contributed by atoms with van der Waals surface area (Å²) < 4.78 is 4.96. The Morgan fingerprint density at radius 1 is 1.29 bits per heavy atom. The number of hydrogen-bond acceptors (Lipinski definition) is 4. The summed E-state index contributed by atoms with van der Waals surface area (Å²) in [5.74, 6) is 0. The van der Waals surface area contributed by atoms with Crippen LogP contribution in [0.25, 0.3) is 10.6 Å². The molecule has 1 aromatic heterocycles. The van der Waals surface area contributed by atoms with E-state index in [9.17, 15) is 0 Å². The first-order chi connectivity index (χ1) is 6.81. The van der Waals surface area contributed by atoms with Crippen molar-refractivity contribution in [2.75, 3.05) is 7.11 Å². The third-order valence-electron chi connectivity index (χ3n) is 1.69. The quantitative estimate of drug-likeness (QED) is 0.790. The Balaban J connectivity index is 2.44. The molecule has 0 N–H and O–H groups in total. The lowest BCUT2D eigenvalue weighted by Crippen LogP contribution is -1.79. The van der Waals surface area contributed by atoms with Gasteiger partial charge in [-0.05, 0) is 6.07 Å². The normalized spacial score (nSPS) is 10.1. The van der Waals surface area contributed by atoms with E-state index in [0.29, 0.717) is 10.2 Å². The van der Waals surface area contributed by atoms with Gasteiger partial charge in [-0.3, -0.25) is 0 Å². The third-order valence-corrected chi connectivity index (χ3v) is 2.93. The molecule has 2 rings (SSSR count). The number of ether oxygens (including phenoxy) is 1. The molecule has 5 heteroatoms. The molecule has 0 atom stereocenters. The summed E-state index contributed by atoms with van der Waals surface area (Å²) in [6.07, 6.45) is 0. The molecule has 0 aliphatic rings. The molecule has 0 aliphatic heterocycles. The summed E-state index contributed by atoms with van der Waals surface area (Å²) in [6.45, 7) is 0. The molecule has 3 nitrogen and oxygen atoms in total. The Morgan fingerprint density at radius 3 is 2.71 bits per heavy atom. The van der Waals surface area contributed by atoms with Crippen molar-refractivity contribution < 1.29 is 4.74 Å². The van der Waals surface area contributed by atoms with Gasteiger partial charge in [-0.25, -0.2) is 0 Å². The zero-order valence-electron chi connectivity index (χ0n) is 7.40. The third kappa shape index (κ3) is 1.71. The second-order valence-electron chi connectivity index (χ2n) is 2.56. The Labute approximate surface area is 90.3 Å². The van der Waals surface area contributed by atoms with E-state index in [1.807, 2.05) is 24.3 Å². The SMILES string of the molecule is COc1nnc(-c2ccccc2Cl)s1. The van der Waals surface area contributed by atoms with Gasteiger partial charge in [-0.15, -0.1) is 5.10 Å². The highest BCUT2D eigenvalue weighted by Gasteiger charge is 2.08. The Bertz CT molecular complexity index is 444. The predicted octanol–water partition coefficient (Wildman–Crippen LogP) is 2.87. The van der Waals surface area contributed by atoms with E-state index in [0.717, 1.165) is 10.6 Å². The number of methoxy groups -OCH3 is 1. The number of hydrogen-bond donors (Lipinski definition) is 0. The number of aromatic nitrogens is 2. The van der Waals surface area contributed by atoms with E-state index >= 15 is 0 Å². The van der Waals surface area contributed by atoms with Crippen LogP contribution in [0.1, 0.15) is 0 Å². The Hall–Kier alpha value is -1.13. The lowest BCUT2D eigenvalue weighted by molar-refractivity contribution is 0.407. The summed E-state index contributed by atoms with van der Waals surface area (Å²) >= 11 is 7.38. The standard InChI is InChI=1S/C9H7ClN2OS/c1-13-9-12-11-8(14-9)6-4-2-3-5-7(6)10/h2-5H,1H3. The minimum Gasteiger partial charge on any atom is -0.472 e. The van der Waals surface area contributed by atoms with E-state index in [-0.39, 0.29) is 0 Å².